The number of carbonyl (C=O) groups excluding carboxylic acids is 1. The van der Waals surface area contributed by atoms with E-state index in [0.717, 1.165) is 19.6 Å². The van der Waals surface area contributed by atoms with Crippen molar-refractivity contribution >= 4 is 11.6 Å². The van der Waals surface area contributed by atoms with Gasteiger partial charge in [-0.05, 0) is 36.9 Å². The van der Waals surface area contributed by atoms with Gasteiger partial charge in [-0.3, -0.25) is 4.79 Å². The van der Waals surface area contributed by atoms with Crippen molar-refractivity contribution < 1.29 is 4.79 Å². The van der Waals surface area contributed by atoms with Gasteiger partial charge in [-0.2, -0.15) is 0 Å². The molecule has 22 heavy (non-hydrogen) atoms. The molecular weight excluding hydrogens is 274 g/mol. The van der Waals surface area contributed by atoms with Crippen molar-refractivity contribution in [1.82, 2.24) is 9.80 Å². The number of carbonyl (C=O) groups is 1. The van der Waals surface area contributed by atoms with Gasteiger partial charge in [-0.1, -0.05) is 30.3 Å². The van der Waals surface area contributed by atoms with E-state index >= 15 is 0 Å². The number of hydrogen-bond donors (Lipinski definition) is 1. The average Bonchev–Trinajstić information content (AvgIpc) is 2.56. The molecule has 2 N–H and O–H groups in total. The molecule has 2 aromatic rings. The first-order valence-electron chi connectivity index (χ1n) is 7.55. The molecule has 4 nitrogen and oxygen atoms in total. The topological polar surface area (TPSA) is 49.6 Å². The molecule has 0 radical (unpaired) electrons. The van der Waals surface area contributed by atoms with Crippen LogP contribution in [-0.4, -0.2) is 42.4 Å². The normalized spacial score (nSPS) is 19.1. The molecule has 1 atom stereocenters. The van der Waals surface area contributed by atoms with Crippen LogP contribution in [0.1, 0.15) is 22.0 Å². The molecule has 1 aliphatic heterocycles. The summed E-state index contributed by atoms with van der Waals surface area (Å²) >= 11 is 0. The second-order valence-electron chi connectivity index (χ2n) is 5.81. The van der Waals surface area contributed by atoms with Crippen LogP contribution in [0.25, 0.3) is 0 Å². The Morgan fingerprint density at radius 3 is 2.41 bits per heavy atom. The number of amides is 1. The summed E-state index contributed by atoms with van der Waals surface area (Å²) in [6.45, 7) is 2.48. The molecule has 2 aromatic carbocycles. The molecule has 1 saturated heterocycles. The highest BCUT2D eigenvalue weighted by molar-refractivity contribution is 5.95. The molecule has 1 amide bonds. The van der Waals surface area contributed by atoms with Crippen LogP contribution in [-0.2, 0) is 0 Å². The second-order valence-corrected chi connectivity index (χ2v) is 5.81. The quantitative estimate of drug-likeness (QED) is 0.866. The minimum atomic E-state index is 0.0713. The summed E-state index contributed by atoms with van der Waals surface area (Å²) in [4.78, 5) is 17.1. The molecule has 0 bridgehead atoms. The zero-order valence-electron chi connectivity index (χ0n) is 12.8. The molecule has 0 saturated carbocycles. The molecule has 114 valence electrons. The number of nitrogen functional groups attached to an aromatic ring is 1. The average molecular weight is 295 g/mol. The van der Waals surface area contributed by atoms with E-state index in [2.05, 4.69) is 24.1 Å². The van der Waals surface area contributed by atoms with Gasteiger partial charge in [-0.15, -0.1) is 0 Å². The maximum absolute atomic E-state index is 12.9. The first kappa shape index (κ1) is 14.6. The standard InChI is InChI=1S/C18H21N3O/c1-20-11-12-21(17(13-20)14-5-3-2-4-6-14)18(22)15-7-9-16(19)10-8-15/h2-10,17H,11-13,19H2,1H3. The van der Waals surface area contributed by atoms with Crippen LogP contribution in [0.4, 0.5) is 5.69 Å². The van der Waals surface area contributed by atoms with Crippen LogP contribution in [0, 0.1) is 0 Å². The molecule has 0 spiro atoms. The predicted molar refractivity (Wildman–Crippen MR) is 88.6 cm³/mol. The van der Waals surface area contributed by atoms with Crippen molar-refractivity contribution in [2.75, 3.05) is 32.4 Å². The smallest absolute Gasteiger partial charge is 0.254 e. The van der Waals surface area contributed by atoms with Crippen LogP contribution in [0.3, 0.4) is 0 Å². The Balaban J connectivity index is 1.89. The lowest BCUT2D eigenvalue weighted by Crippen LogP contribution is -2.49. The van der Waals surface area contributed by atoms with Crippen molar-refractivity contribution in [1.29, 1.82) is 0 Å². The number of benzene rings is 2. The molecule has 3 rings (SSSR count). The summed E-state index contributed by atoms with van der Waals surface area (Å²) in [6, 6.07) is 17.5. The third-order valence-corrected chi connectivity index (χ3v) is 4.19. The lowest BCUT2D eigenvalue weighted by atomic mass is 10.0. The van der Waals surface area contributed by atoms with Crippen LogP contribution < -0.4 is 5.73 Å². The van der Waals surface area contributed by atoms with Gasteiger partial charge < -0.3 is 15.5 Å². The zero-order chi connectivity index (χ0) is 15.5. The SMILES string of the molecule is CN1CCN(C(=O)c2ccc(N)cc2)C(c2ccccc2)C1. The first-order valence-corrected chi connectivity index (χ1v) is 7.55. The fraction of sp³-hybridized carbons (Fsp3) is 0.278. The van der Waals surface area contributed by atoms with E-state index in [-0.39, 0.29) is 11.9 Å². The van der Waals surface area contributed by atoms with Crippen LogP contribution in [0.15, 0.2) is 54.6 Å². The number of hydrogen-bond acceptors (Lipinski definition) is 3. The molecule has 0 aliphatic carbocycles. The summed E-state index contributed by atoms with van der Waals surface area (Å²) in [5.74, 6) is 0.0713. The minimum Gasteiger partial charge on any atom is -0.399 e. The van der Waals surface area contributed by atoms with E-state index in [1.807, 2.05) is 23.1 Å². The van der Waals surface area contributed by atoms with Gasteiger partial charge in [0.15, 0.2) is 0 Å². The fourth-order valence-corrected chi connectivity index (χ4v) is 2.91. The number of nitrogens with two attached hydrogens (primary N) is 1. The molecule has 1 unspecified atom stereocenters. The van der Waals surface area contributed by atoms with Crippen LogP contribution >= 0.6 is 0 Å². The summed E-state index contributed by atoms with van der Waals surface area (Å²) in [6.07, 6.45) is 0. The predicted octanol–water partition coefficient (Wildman–Crippen LogP) is 2.40. The number of piperazine rings is 1. The molecular formula is C18H21N3O. The van der Waals surface area contributed by atoms with Gasteiger partial charge in [0.05, 0.1) is 6.04 Å². The van der Waals surface area contributed by atoms with Crippen molar-refractivity contribution in [2.45, 2.75) is 6.04 Å². The van der Waals surface area contributed by atoms with Crippen molar-refractivity contribution in [2.24, 2.45) is 0 Å². The summed E-state index contributed by atoms with van der Waals surface area (Å²) in [7, 11) is 2.10. The minimum absolute atomic E-state index is 0.0713. The highest BCUT2D eigenvalue weighted by Crippen LogP contribution is 2.26. The Bertz CT molecular complexity index is 639. The zero-order valence-corrected chi connectivity index (χ0v) is 12.8. The second kappa shape index (κ2) is 6.20. The highest BCUT2D eigenvalue weighted by Gasteiger charge is 2.30. The number of rotatable bonds is 2. The maximum Gasteiger partial charge on any atom is 0.254 e. The number of nitrogens with zero attached hydrogens (tertiary/aromatic N) is 2. The third kappa shape index (κ3) is 2.97. The fourth-order valence-electron chi connectivity index (χ4n) is 2.91. The van der Waals surface area contributed by atoms with E-state index in [1.54, 1.807) is 24.3 Å². The molecule has 4 heteroatoms. The summed E-state index contributed by atoms with van der Waals surface area (Å²) < 4.78 is 0. The number of likely N-dealkylation sites (N-methyl/N-ethyl adjacent to an activating group) is 1. The number of anilines is 1. The van der Waals surface area contributed by atoms with Gasteiger partial charge in [-0.25, -0.2) is 0 Å². The first-order chi connectivity index (χ1) is 10.6. The Morgan fingerprint density at radius 2 is 1.73 bits per heavy atom. The van der Waals surface area contributed by atoms with E-state index in [0.29, 0.717) is 11.3 Å². The van der Waals surface area contributed by atoms with E-state index in [1.165, 1.54) is 5.56 Å². The Labute approximate surface area is 131 Å². The molecule has 1 fully saturated rings. The molecule has 0 aromatic heterocycles. The lowest BCUT2D eigenvalue weighted by molar-refractivity contribution is 0.0498. The third-order valence-electron chi connectivity index (χ3n) is 4.19. The van der Waals surface area contributed by atoms with Crippen molar-refractivity contribution in [3.05, 3.63) is 65.7 Å². The van der Waals surface area contributed by atoms with E-state index in [9.17, 15) is 4.79 Å². The van der Waals surface area contributed by atoms with Gasteiger partial charge >= 0.3 is 0 Å². The van der Waals surface area contributed by atoms with Crippen molar-refractivity contribution in [3.63, 3.8) is 0 Å². The summed E-state index contributed by atoms with van der Waals surface area (Å²) in [5.41, 5.74) is 8.26. The van der Waals surface area contributed by atoms with Gasteiger partial charge in [0, 0.05) is 30.9 Å². The molecule has 1 aliphatic rings. The van der Waals surface area contributed by atoms with Crippen LogP contribution in [0.5, 0.6) is 0 Å². The maximum atomic E-state index is 12.9. The van der Waals surface area contributed by atoms with E-state index in [4.69, 9.17) is 5.73 Å². The Kier molecular flexibility index (Phi) is 4.11. The Morgan fingerprint density at radius 1 is 1.05 bits per heavy atom. The van der Waals surface area contributed by atoms with Gasteiger partial charge in [0.1, 0.15) is 0 Å². The van der Waals surface area contributed by atoms with Gasteiger partial charge in [0.25, 0.3) is 5.91 Å². The monoisotopic (exact) mass is 295 g/mol. The molecule has 1 heterocycles. The van der Waals surface area contributed by atoms with Crippen molar-refractivity contribution in [3.8, 4) is 0 Å². The largest absolute Gasteiger partial charge is 0.399 e. The Hall–Kier alpha value is -2.33. The van der Waals surface area contributed by atoms with Gasteiger partial charge in [0.2, 0.25) is 0 Å². The van der Waals surface area contributed by atoms with Crippen LogP contribution in [0.2, 0.25) is 0 Å². The van der Waals surface area contributed by atoms with E-state index < -0.39 is 0 Å². The highest BCUT2D eigenvalue weighted by atomic mass is 16.2. The summed E-state index contributed by atoms with van der Waals surface area (Å²) in [5, 5.41) is 0. The lowest BCUT2D eigenvalue weighted by Gasteiger charge is -2.40.